The van der Waals surface area contributed by atoms with Crippen LogP contribution >= 0.6 is 0 Å². The smallest absolute Gasteiger partial charge is 0.316 e. The van der Waals surface area contributed by atoms with Gasteiger partial charge in [-0.2, -0.15) is 5.26 Å². The number of methoxy groups -OCH3 is 1. The van der Waals surface area contributed by atoms with E-state index in [2.05, 4.69) is 9.97 Å². The van der Waals surface area contributed by atoms with E-state index < -0.39 is 0 Å². The number of aromatic nitrogens is 2. The molecule has 0 spiro atoms. The molecule has 0 aliphatic rings. The molecule has 0 amide bonds. The molecule has 0 unspecified atom stereocenters. The van der Waals surface area contributed by atoms with Crippen molar-refractivity contribution in [2.24, 2.45) is 0 Å². The Morgan fingerprint density at radius 2 is 2.18 bits per heavy atom. The largest absolute Gasteiger partial charge is 0.467 e. The van der Waals surface area contributed by atoms with Crippen LogP contribution < -0.4 is 4.74 Å². The first kappa shape index (κ1) is 7.48. The summed E-state index contributed by atoms with van der Waals surface area (Å²) < 4.78 is 4.74. The van der Waals surface area contributed by atoms with Crippen LogP contribution in [0.1, 0.15) is 5.56 Å². The molecule has 4 heteroatoms. The second-order valence-corrected chi connectivity index (χ2v) is 1.91. The monoisotopic (exact) mass is 149 g/mol. The van der Waals surface area contributed by atoms with Crippen LogP contribution in [0.5, 0.6) is 6.01 Å². The topological polar surface area (TPSA) is 58.8 Å². The van der Waals surface area contributed by atoms with Crippen molar-refractivity contribution in [3.05, 3.63) is 18.0 Å². The van der Waals surface area contributed by atoms with E-state index in [0.29, 0.717) is 12.4 Å². The molecule has 1 rings (SSSR count). The number of nitriles is 1. The van der Waals surface area contributed by atoms with Gasteiger partial charge >= 0.3 is 6.01 Å². The summed E-state index contributed by atoms with van der Waals surface area (Å²) in [5.41, 5.74) is 0.799. The minimum absolute atomic E-state index is 0.326. The lowest BCUT2D eigenvalue weighted by molar-refractivity contribution is 0.379. The minimum Gasteiger partial charge on any atom is -0.467 e. The van der Waals surface area contributed by atoms with Crippen molar-refractivity contribution in [3.8, 4) is 12.1 Å². The lowest BCUT2D eigenvalue weighted by atomic mass is 10.3. The predicted molar refractivity (Wildman–Crippen MR) is 37.9 cm³/mol. The Balaban J connectivity index is 2.76. The first-order valence-corrected chi connectivity index (χ1v) is 3.08. The average molecular weight is 149 g/mol. The highest BCUT2D eigenvalue weighted by molar-refractivity contribution is 5.11. The summed E-state index contributed by atoms with van der Waals surface area (Å²) >= 11 is 0. The van der Waals surface area contributed by atoms with Gasteiger partial charge in [-0.1, -0.05) is 0 Å². The molecule has 0 radical (unpaired) electrons. The van der Waals surface area contributed by atoms with E-state index in [0.717, 1.165) is 5.56 Å². The second-order valence-electron chi connectivity index (χ2n) is 1.91. The molecular formula is C7H7N3O. The Hall–Kier alpha value is -1.63. The predicted octanol–water partition coefficient (Wildman–Crippen LogP) is 0.551. The first-order valence-electron chi connectivity index (χ1n) is 3.08. The molecule has 0 aliphatic carbocycles. The molecule has 1 aromatic rings. The molecule has 0 saturated carbocycles. The van der Waals surface area contributed by atoms with Crippen molar-refractivity contribution < 1.29 is 4.74 Å². The number of ether oxygens (including phenoxy) is 1. The van der Waals surface area contributed by atoms with Crippen LogP contribution in [0.2, 0.25) is 0 Å². The summed E-state index contributed by atoms with van der Waals surface area (Å²) in [6.45, 7) is 0. The Morgan fingerprint density at radius 1 is 1.55 bits per heavy atom. The number of hydrogen-bond donors (Lipinski definition) is 0. The van der Waals surface area contributed by atoms with E-state index in [1.807, 2.05) is 6.07 Å². The molecule has 0 aliphatic heterocycles. The molecule has 11 heavy (non-hydrogen) atoms. The fourth-order valence-electron chi connectivity index (χ4n) is 0.631. The van der Waals surface area contributed by atoms with Gasteiger partial charge in [-0.25, -0.2) is 9.97 Å². The zero-order valence-electron chi connectivity index (χ0n) is 6.11. The highest BCUT2D eigenvalue weighted by atomic mass is 16.5. The van der Waals surface area contributed by atoms with Crippen LogP contribution in [0.3, 0.4) is 0 Å². The van der Waals surface area contributed by atoms with E-state index in [9.17, 15) is 0 Å². The van der Waals surface area contributed by atoms with E-state index in [1.54, 1.807) is 12.4 Å². The molecule has 0 bridgehead atoms. The summed E-state index contributed by atoms with van der Waals surface area (Å²) in [4.78, 5) is 7.66. The third-order valence-electron chi connectivity index (χ3n) is 1.15. The summed E-state index contributed by atoms with van der Waals surface area (Å²) in [5.74, 6) is 0. The van der Waals surface area contributed by atoms with Crippen molar-refractivity contribution in [3.63, 3.8) is 0 Å². The number of nitrogens with zero attached hydrogens (tertiary/aromatic N) is 3. The van der Waals surface area contributed by atoms with Crippen molar-refractivity contribution in [2.45, 2.75) is 6.42 Å². The van der Waals surface area contributed by atoms with Gasteiger partial charge in [-0.15, -0.1) is 0 Å². The van der Waals surface area contributed by atoms with E-state index >= 15 is 0 Å². The fourth-order valence-corrected chi connectivity index (χ4v) is 0.631. The summed E-state index contributed by atoms with van der Waals surface area (Å²) in [6, 6.07) is 2.33. The third kappa shape index (κ3) is 1.90. The molecule has 0 fully saturated rings. The van der Waals surface area contributed by atoms with Gasteiger partial charge in [0, 0.05) is 18.0 Å². The van der Waals surface area contributed by atoms with E-state index in [1.165, 1.54) is 7.11 Å². The van der Waals surface area contributed by atoms with Gasteiger partial charge in [0.2, 0.25) is 0 Å². The maximum atomic E-state index is 8.31. The molecule has 1 heterocycles. The summed E-state index contributed by atoms with van der Waals surface area (Å²) in [5, 5.41) is 8.31. The van der Waals surface area contributed by atoms with E-state index in [-0.39, 0.29) is 0 Å². The zero-order chi connectivity index (χ0) is 8.10. The maximum Gasteiger partial charge on any atom is 0.316 e. The highest BCUT2D eigenvalue weighted by Crippen LogP contribution is 2.01. The minimum atomic E-state index is 0.326. The van der Waals surface area contributed by atoms with Gasteiger partial charge in [-0.3, -0.25) is 0 Å². The number of rotatable bonds is 2. The highest BCUT2D eigenvalue weighted by Gasteiger charge is 1.94. The molecule has 4 nitrogen and oxygen atoms in total. The van der Waals surface area contributed by atoms with Crippen LogP contribution in [0, 0.1) is 11.3 Å². The molecule has 0 saturated heterocycles. The van der Waals surface area contributed by atoms with Crippen molar-refractivity contribution >= 4 is 0 Å². The SMILES string of the molecule is COc1ncc(CC#N)cn1. The van der Waals surface area contributed by atoms with Gasteiger partial charge in [0.25, 0.3) is 0 Å². The molecule has 0 atom stereocenters. The standard InChI is InChI=1S/C7H7N3O/c1-11-7-9-4-6(2-3-8)5-10-7/h4-5H,2H2,1H3. The van der Waals surface area contributed by atoms with Gasteiger partial charge < -0.3 is 4.74 Å². The van der Waals surface area contributed by atoms with Gasteiger partial charge in [-0.05, 0) is 0 Å². The van der Waals surface area contributed by atoms with Gasteiger partial charge in [0.1, 0.15) is 0 Å². The number of hydrogen-bond acceptors (Lipinski definition) is 4. The molecular weight excluding hydrogens is 142 g/mol. The average Bonchev–Trinajstić information content (AvgIpc) is 2.07. The lowest BCUT2D eigenvalue weighted by Crippen LogP contribution is -1.92. The van der Waals surface area contributed by atoms with Crippen molar-refractivity contribution in [2.75, 3.05) is 7.11 Å². The van der Waals surface area contributed by atoms with Crippen LogP contribution in [-0.2, 0) is 6.42 Å². The quantitative estimate of drug-likeness (QED) is 0.616. The van der Waals surface area contributed by atoms with E-state index in [4.69, 9.17) is 10.00 Å². The Kier molecular flexibility index (Phi) is 2.39. The van der Waals surface area contributed by atoms with Crippen molar-refractivity contribution in [1.82, 2.24) is 9.97 Å². The molecule has 56 valence electrons. The van der Waals surface area contributed by atoms with Gasteiger partial charge in [0.05, 0.1) is 19.6 Å². The van der Waals surface area contributed by atoms with Crippen LogP contribution in [-0.4, -0.2) is 17.1 Å². The Bertz CT molecular complexity index is 262. The fraction of sp³-hybridized carbons (Fsp3) is 0.286. The molecule has 1 aromatic heterocycles. The molecule has 0 N–H and O–H groups in total. The molecule has 0 aromatic carbocycles. The summed E-state index contributed by atoms with van der Waals surface area (Å²) in [7, 11) is 1.50. The maximum absolute atomic E-state index is 8.31. The van der Waals surface area contributed by atoms with Crippen LogP contribution in [0.4, 0.5) is 0 Å². The van der Waals surface area contributed by atoms with Gasteiger partial charge in [0.15, 0.2) is 0 Å². The third-order valence-corrected chi connectivity index (χ3v) is 1.15. The second kappa shape index (κ2) is 3.52. The van der Waals surface area contributed by atoms with Crippen LogP contribution in [0.25, 0.3) is 0 Å². The summed E-state index contributed by atoms with van der Waals surface area (Å²) in [6.07, 6.45) is 3.49. The van der Waals surface area contributed by atoms with Crippen molar-refractivity contribution in [1.29, 1.82) is 5.26 Å². The lowest BCUT2D eigenvalue weighted by Gasteiger charge is -1.95. The first-order chi connectivity index (χ1) is 5.36. The normalized spacial score (nSPS) is 8.73. The van der Waals surface area contributed by atoms with Crippen LogP contribution in [0.15, 0.2) is 12.4 Å². The zero-order valence-corrected chi connectivity index (χ0v) is 6.11. The Labute approximate surface area is 64.5 Å². The Morgan fingerprint density at radius 3 is 2.64 bits per heavy atom.